The summed E-state index contributed by atoms with van der Waals surface area (Å²) in [6, 6.07) is 9.91. The van der Waals surface area contributed by atoms with Crippen LogP contribution in [0.3, 0.4) is 0 Å². The predicted molar refractivity (Wildman–Crippen MR) is 104 cm³/mol. The molecule has 3 aromatic rings. The SMILES string of the molecule is Cn1c(=O)c(N2CCN(C(=O)Cc3ccccc3F)CC2)nc2cccnc21. The third-order valence-corrected chi connectivity index (χ3v) is 5.04. The van der Waals surface area contributed by atoms with Crippen LogP contribution in [0.15, 0.2) is 47.4 Å². The van der Waals surface area contributed by atoms with E-state index in [1.807, 2.05) is 11.0 Å². The number of nitrogens with zero attached hydrogens (tertiary/aromatic N) is 5. The summed E-state index contributed by atoms with van der Waals surface area (Å²) in [6.45, 7) is 1.92. The number of carbonyl (C=O) groups excluding carboxylic acids is 1. The van der Waals surface area contributed by atoms with Gasteiger partial charge >= 0.3 is 0 Å². The van der Waals surface area contributed by atoms with Crippen LogP contribution < -0.4 is 10.5 Å². The highest BCUT2D eigenvalue weighted by Gasteiger charge is 2.25. The van der Waals surface area contributed by atoms with Crippen LogP contribution in [0.2, 0.25) is 0 Å². The second-order valence-corrected chi connectivity index (χ2v) is 6.78. The maximum absolute atomic E-state index is 13.8. The van der Waals surface area contributed by atoms with Crippen LogP contribution in [0, 0.1) is 5.82 Å². The van der Waals surface area contributed by atoms with E-state index in [2.05, 4.69) is 9.97 Å². The monoisotopic (exact) mass is 381 g/mol. The Labute approximate surface area is 161 Å². The Bertz CT molecular complexity index is 1090. The first-order chi connectivity index (χ1) is 13.5. The lowest BCUT2D eigenvalue weighted by Gasteiger charge is -2.35. The van der Waals surface area contributed by atoms with Gasteiger partial charge in [-0.05, 0) is 23.8 Å². The molecule has 2 aromatic heterocycles. The van der Waals surface area contributed by atoms with E-state index in [1.165, 1.54) is 10.6 Å². The zero-order valence-corrected chi connectivity index (χ0v) is 15.5. The number of benzene rings is 1. The van der Waals surface area contributed by atoms with Gasteiger partial charge in [0.15, 0.2) is 11.5 Å². The lowest BCUT2D eigenvalue weighted by Crippen LogP contribution is -2.51. The highest BCUT2D eigenvalue weighted by atomic mass is 19.1. The molecule has 0 radical (unpaired) electrons. The van der Waals surface area contributed by atoms with Crippen LogP contribution in [-0.2, 0) is 18.3 Å². The van der Waals surface area contributed by atoms with Crippen LogP contribution in [0.5, 0.6) is 0 Å². The Kier molecular flexibility index (Phi) is 4.77. The number of pyridine rings is 1. The average molecular weight is 381 g/mol. The van der Waals surface area contributed by atoms with Crippen molar-refractivity contribution in [3.8, 4) is 0 Å². The first-order valence-corrected chi connectivity index (χ1v) is 9.12. The van der Waals surface area contributed by atoms with Crippen molar-refractivity contribution in [2.75, 3.05) is 31.1 Å². The van der Waals surface area contributed by atoms with Gasteiger partial charge in [-0.1, -0.05) is 18.2 Å². The van der Waals surface area contributed by atoms with Gasteiger partial charge in [0.05, 0.1) is 6.42 Å². The molecule has 1 fully saturated rings. The molecule has 28 heavy (non-hydrogen) atoms. The van der Waals surface area contributed by atoms with Gasteiger partial charge in [0.25, 0.3) is 5.56 Å². The predicted octanol–water partition coefficient (Wildman–Crippen LogP) is 1.36. The molecule has 1 aliphatic heterocycles. The van der Waals surface area contributed by atoms with E-state index in [0.29, 0.717) is 48.7 Å². The zero-order chi connectivity index (χ0) is 19.7. The van der Waals surface area contributed by atoms with E-state index in [-0.39, 0.29) is 23.7 Å². The van der Waals surface area contributed by atoms with E-state index in [0.717, 1.165) is 0 Å². The molecule has 0 bridgehead atoms. The van der Waals surface area contributed by atoms with Crippen LogP contribution in [0.4, 0.5) is 10.2 Å². The van der Waals surface area contributed by atoms with Gasteiger partial charge in [0, 0.05) is 39.4 Å². The Morgan fingerprint density at radius 1 is 1.11 bits per heavy atom. The normalized spacial score (nSPS) is 14.5. The van der Waals surface area contributed by atoms with Crippen molar-refractivity contribution in [3.63, 3.8) is 0 Å². The van der Waals surface area contributed by atoms with Crippen molar-refractivity contribution < 1.29 is 9.18 Å². The fourth-order valence-corrected chi connectivity index (χ4v) is 3.43. The quantitative estimate of drug-likeness (QED) is 0.685. The highest BCUT2D eigenvalue weighted by Crippen LogP contribution is 2.15. The molecule has 8 heteroatoms. The van der Waals surface area contributed by atoms with Gasteiger partial charge in [-0.25, -0.2) is 14.4 Å². The summed E-state index contributed by atoms with van der Waals surface area (Å²) in [5.41, 5.74) is 1.37. The molecular weight excluding hydrogens is 361 g/mol. The third-order valence-electron chi connectivity index (χ3n) is 5.04. The van der Waals surface area contributed by atoms with Crippen molar-refractivity contribution in [1.82, 2.24) is 19.4 Å². The average Bonchev–Trinajstić information content (AvgIpc) is 2.72. The topological polar surface area (TPSA) is 71.3 Å². The number of piperazine rings is 1. The van der Waals surface area contributed by atoms with E-state index in [9.17, 15) is 14.0 Å². The summed E-state index contributed by atoms with van der Waals surface area (Å²) < 4.78 is 15.3. The first kappa shape index (κ1) is 18.1. The molecule has 3 heterocycles. The molecule has 1 aliphatic rings. The number of carbonyl (C=O) groups is 1. The minimum atomic E-state index is -0.369. The van der Waals surface area contributed by atoms with Gasteiger partial charge in [-0.15, -0.1) is 0 Å². The van der Waals surface area contributed by atoms with Crippen molar-refractivity contribution in [2.24, 2.45) is 7.05 Å². The lowest BCUT2D eigenvalue weighted by atomic mass is 10.1. The lowest BCUT2D eigenvalue weighted by molar-refractivity contribution is -0.130. The fourth-order valence-electron chi connectivity index (χ4n) is 3.43. The zero-order valence-electron chi connectivity index (χ0n) is 15.5. The highest BCUT2D eigenvalue weighted by molar-refractivity contribution is 5.79. The standard InChI is InChI=1S/C20H20FN5O2/c1-24-18-16(7-4-8-22-18)23-19(20(24)28)26-11-9-25(10-12-26)17(27)13-14-5-2-3-6-15(14)21/h2-8H,9-13H2,1H3. The van der Waals surface area contributed by atoms with E-state index in [1.54, 1.807) is 42.4 Å². The number of halogens is 1. The van der Waals surface area contributed by atoms with Gasteiger partial charge < -0.3 is 9.80 Å². The molecule has 0 unspecified atom stereocenters. The fraction of sp³-hybridized carbons (Fsp3) is 0.300. The van der Waals surface area contributed by atoms with E-state index < -0.39 is 0 Å². The number of fused-ring (bicyclic) bond motifs is 1. The van der Waals surface area contributed by atoms with Gasteiger partial charge in [0.2, 0.25) is 5.91 Å². The molecule has 1 saturated heterocycles. The van der Waals surface area contributed by atoms with Crippen LogP contribution >= 0.6 is 0 Å². The number of hydrogen-bond donors (Lipinski definition) is 0. The second-order valence-electron chi connectivity index (χ2n) is 6.78. The number of amides is 1. The molecule has 4 rings (SSSR count). The Morgan fingerprint density at radius 3 is 2.61 bits per heavy atom. The summed E-state index contributed by atoms with van der Waals surface area (Å²) in [7, 11) is 1.68. The van der Waals surface area contributed by atoms with Gasteiger partial charge in [-0.2, -0.15) is 0 Å². The summed E-state index contributed by atoms with van der Waals surface area (Å²) in [4.78, 5) is 37.5. The molecule has 1 amide bonds. The molecule has 0 aliphatic carbocycles. The van der Waals surface area contributed by atoms with Crippen molar-refractivity contribution in [2.45, 2.75) is 6.42 Å². The van der Waals surface area contributed by atoms with E-state index >= 15 is 0 Å². The Balaban J connectivity index is 1.48. The van der Waals surface area contributed by atoms with Crippen LogP contribution in [-0.4, -0.2) is 51.5 Å². The molecule has 0 spiro atoms. The summed E-state index contributed by atoms with van der Waals surface area (Å²) in [5, 5.41) is 0. The second kappa shape index (κ2) is 7.38. The molecule has 0 saturated carbocycles. The Hall–Kier alpha value is -3.29. The number of aryl methyl sites for hydroxylation is 1. The molecule has 144 valence electrons. The Morgan fingerprint density at radius 2 is 1.86 bits per heavy atom. The van der Waals surface area contributed by atoms with Crippen LogP contribution in [0.25, 0.3) is 11.2 Å². The molecular formula is C20H20FN5O2. The van der Waals surface area contributed by atoms with Crippen molar-refractivity contribution in [3.05, 3.63) is 64.3 Å². The summed E-state index contributed by atoms with van der Waals surface area (Å²) in [6.07, 6.45) is 1.66. The first-order valence-electron chi connectivity index (χ1n) is 9.12. The minimum Gasteiger partial charge on any atom is -0.348 e. The molecule has 0 N–H and O–H groups in total. The number of rotatable bonds is 3. The smallest absolute Gasteiger partial charge is 0.294 e. The van der Waals surface area contributed by atoms with E-state index in [4.69, 9.17) is 0 Å². The van der Waals surface area contributed by atoms with Crippen molar-refractivity contribution >= 4 is 22.9 Å². The molecule has 7 nitrogen and oxygen atoms in total. The number of anilines is 1. The van der Waals surface area contributed by atoms with Gasteiger partial charge in [-0.3, -0.25) is 14.2 Å². The van der Waals surface area contributed by atoms with Crippen molar-refractivity contribution in [1.29, 1.82) is 0 Å². The van der Waals surface area contributed by atoms with Gasteiger partial charge in [0.1, 0.15) is 11.3 Å². The summed E-state index contributed by atoms with van der Waals surface area (Å²) >= 11 is 0. The molecule has 0 atom stereocenters. The largest absolute Gasteiger partial charge is 0.348 e. The number of aromatic nitrogens is 3. The summed E-state index contributed by atoms with van der Waals surface area (Å²) in [5.74, 6) is -0.121. The van der Waals surface area contributed by atoms with Crippen LogP contribution in [0.1, 0.15) is 5.56 Å². The third kappa shape index (κ3) is 3.33. The maximum Gasteiger partial charge on any atom is 0.294 e. The number of hydrogen-bond acceptors (Lipinski definition) is 5. The minimum absolute atomic E-state index is 0.0360. The molecule has 1 aromatic carbocycles. The maximum atomic E-state index is 13.8.